The molecule has 0 spiro atoms. The first-order valence-electron chi connectivity index (χ1n) is 7.13. The van der Waals surface area contributed by atoms with Gasteiger partial charge < -0.3 is 9.47 Å². The Kier molecular flexibility index (Phi) is 3.59. The smallest absolute Gasteiger partial charge is 0.342 e. The molecule has 0 saturated heterocycles. The number of hydrogen-bond acceptors (Lipinski definition) is 6. The van der Waals surface area contributed by atoms with E-state index in [1.807, 2.05) is 0 Å². The van der Waals surface area contributed by atoms with E-state index in [0.717, 1.165) is 11.5 Å². The average molecular weight is 330 g/mol. The molecule has 0 unspecified atom stereocenters. The van der Waals surface area contributed by atoms with Gasteiger partial charge in [-0.2, -0.15) is 0 Å². The molecule has 1 aromatic carbocycles. The van der Waals surface area contributed by atoms with Crippen LogP contribution in [0.5, 0.6) is 11.5 Å². The number of benzene rings is 1. The third-order valence-corrected chi connectivity index (χ3v) is 3.76. The quantitative estimate of drug-likeness (QED) is 0.769. The van der Waals surface area contributed by atoms with Gasteiger partial charge in [0, 0.05) is 19.4 Å². The molecule has 0 amide bonds. The van der Waals surface area contributed by atoms with Gasteiger partial charge in [0.15, 0.2) is 11.5 Å². The first kappa shape index (κ1) is 15.7. The second kappa shape index (κ2) is 5.48. The van der Waals surface area contributed by atoms with E-state index in [1.165, 1.54) is 26.0 Å². The lowest BCUT2D eigenvalue weighted by Gasteiger charge is -2.05. The number of imidazole rings is 1. The van der Waals surface area contributed by atoms with E-state index in [2.05, 4.69) is 0 Å². The summed E-state index contributed by atoms with van der Waals surface area (Å²) < 4.78 is 11.9. The van der Waals surface area contributed by atoms with E-state index in [9.17, 15) is 19.2 Å². The van der Waals surface area contributed by atoms with E-state index in [-0.39, 0.29) is 23.7 Å². The summed E-state index contributed by atoms with van der Waals surface area (Å²) in [4.78, 5) is 48.7. The molecule has 0 radical (unpaired) electrons. The molecule has 2 heterocycles. The summed E-state index contributed by atoms with van der Waals surface area (Å²) in [5.41, 5.74) is -0.651. The van der Waals surface area contributed by atoms with Crippen molar-refractivity contribution in [3.05, 3.63) is 45.6 Å². The highest BCUT2D eigenvalue weighted by molar-refractivity contribution is 6.11. The highest BCUT2D eigenvalue weighted by Crippen LogP contribution is 2.33. The van der Waals surface area contributed by atoms with Crippen molar-refractivity contribution < 1.29 is 23.9 Å². The predicted octanol–water partition coefficient (Wildman–Crippen LogP) is 1.24. The lowest BCUT2D eigenvalue weighted by molar-refractivity contribution is 0.0905. The third kappa shape index (κ3) is 2.23. The van der Waals surface area contributed by atoms with E-state index in [1.54, 1.807) is 6.07 Å². The van der Waals surface area contributed by atoms with Crippen LogP contribution < -0.4 is 15.2 Å². The zero-order valence-corrected chi connectivity index (χ0v) is 13.3. The molecule has 0 atom stereocenters. The third-order valence-electron chi connectivity index (χ3n) is 3.76. The summed E-state index contributed by atoms with van der Waals surface area (Å²) in [5.74, 6) is -0.864. The minimum absolute atomic E-state index is 0.0604. The zero-order chi connectivity index (χ0) is 17.6. The van der Waals surface area contributed by atoms with Crippen LogP contribution >= 0.6 is 0 Å². The Hall–Kier alpha value is -3.16. The van der Waals surface area contributed by atoms with Gasteiger partial charge in [0.25, 0.3) is 0 Å². The van der Waals surface area contributed by atoms with Crippen LogP contribution in [-0.4, -0.2) is 33.5 Å². The van der Waals surface area contributed by atoms with Crippen molar-refractivity contribution in [2.75, 3.05) is 6.79 Å². The van der Waals surface area contributed by atoms with Crippen LogP contribution in [-0.2, 0) is 0 Å². The maximum absolute atomic E-state index is 12.8. The summed E-state index contributed by atoms with van der Waals surface area (Å²) in [6.45, 7) is 3.85. The Balaban J connectivity index is 2.20. The molecule has 24 heavy (non-hydrogen) atoms. The van der Waals surface area contributed by atoms with Crippen LogP contribution in [0.2, 0.25) is 0 Å². The molecule has 0 fully saturated rings. The zero-order valence-electron chi connectivity index (χ0n) is 13.3. The molecule has 0 N–H and O–H groups in total. The molecule has 8 nitrogen and oxygen atoms in total. The predicted molar refractivity (Wildman–Crippen MR) is 82.0 cm³/mol. The lowest BCUT2D eigenvalue weighted by atomic mass is 10.1. The van der Waals surface area contributed by atoms with Gasteiger partial charge in [-0.25, -0.2) is 13.9 Å². The molecule has 0 aliphatic carbocycles. The van der Waals surface area contributed by atoms with Crippen molar-refractivity contribution in [3.63, 3.8) is 0 Å². The molecule has 1 aliphatic heterocycles. The van der Waals surface area contributed by atoms with Gasteiger partial charge in [0.05, 0.1) is 5.69 Å². The molecular formula is C16H14N2O6. The fourth-order valence-electron chi connectivity index (χ4n) is 2.71. The minimum Gasteiger partial charge on any atom is -0.454 e. The average Bonchev–Trinajstić information content (AvgIpc) is 3.07. The van der Waals surface area contributed by atoms with Gasteiger partial charge in [-0.05, 0) is 25.1 Å². The normalized spacial score (nSPS) is 12.3. The van der Waals surface area contributed by atoms with Gasteiger partial charge >= 0.3 is 5.69 Å². The number of carbonyl (C=O) groups is 3. The number of fused-ring (bicyclic) bond motifs is 1. The van der Waals surface area contributed by atoms with E-state index in [4.69, 9.17) is 9.47 Å². The molecule has 8 heteroatoms. The van der Waals surface area contributed by atoms with Crippen LogP contribution in [0.15, 0.2) is 23.0 Å². The summed E-state index contributed by atoms with van der Waals surface area (Å²) >= 11 is 0. The number of rotatable bonds is 2. The van der Waals surface area contributed by atoms with Crippen molar-refractivity contribution in [3.8, 4) is 11.5 Å². The summed E-state index contributed by atoms with van der Waals surface area (Å²) in [6, 6.07) is 4.56. The van der Waals surface area contributed by atoms with Crippen LogP contribution in [0.1, 0.15) is 45.2 Å². The minimum atomic E-state index is -0.850. The van der Waals surface area contributed by atoms with Crippen molar-refractivity contribution in [2.24, 2.45) is 0 Å². The number of nitrogens with zero attached hydrogens (tertiary/aromatic N) is 2. The summed E-state index contributed by atoms with van der Waals surface area (Å²) in [5, 5.41) is 0. The van der Waals surface area contributed by atoms with Crippen molar-refractivity contribution in [2.45, 2.75) is 20.8 Å². The Labute approximate surface area is 136 Å². The molecular weight excluding hydrogens is 316 g/mol. The van der Waals surface area contributed by atoms with E-state index in [0.29, 0.717) is 16.1 Å². The van der Waals surface area contributed by atoms with Crippen LogP contribution in [0.25, 0.3) is 0 Å². The van der Waals surface area contributed by atoms with E-state index >= 15 is 0 Å². The lowest BCUT2D eigenvalue weighted by Crippen LogP contribution is -2.31. The van der Waals surface area contributed by atoms with Gasteiger partial charge in [-0.1, -0.05) is 0 Å². The fourth-order valence-corrected chi connectivity index (χ4v) is 2.71. The largest absolute Gasteiger partial charge is 0.454 e. The monoisotopic (exact) mass is 330 g/mol. The van der Waals surface area contributed by atoms with Gasteiger partial charge in [0.1, 0.15) is 5.69 Å². The molecule has 1 aromatic heterocycles. The summed E-state index contributed by atoms with van der Waals surface area (Å²) in [6.07, 6.45) is 0. The highest BCUT2D eigenvalue weighted by Gasteiger charge is 2.28. The second-order valence-corrected chi connectivity index (χ2v) is 5.32. The van der Waals surface area contributed by atoms with Gasteiger partial charge in [0.2, 0.25) is 24.4 Å². The Morgan fingerprint density at radius 3 is 2.25 bits per heavy atom. The topological polar surface area (TPSA) is 96.6 Å². The van der Waals surface area contributed by atoms with Crippen LogP contribution in [0.3, 0.4) is 0 Å². The van der Waals surface area contributed by atoms with Gasteiger partial charge in [-0.3, -0.25) is 14.4 Å². The van der Waals surface area contributed by atoms with Crippen LogP contribution in [0, 0.1) is 6.92 Å². The standard InChI is InChI=1S/C16H14N2O6/c1-8-14(18(10(3)20)16(22)17(8)9(2)19)15(21)11-4-5-12-13(6-11)24-7-23-12/h4-6H,7H2,1-3H3. The Morgan fingerprint density at radius 2 is 1.62 bits per heavy atom. The number of carbonyl (C=O) groups excluding carboxylic acids is 3. The van der Waals surface area contributed by atoms with Gasteiger partial charge in [-0.15, -0.1) is 0 Å². The Morgan fingerprint density at radius 1 is 1.00 bits per heavy atom. The van der Waals surface area contributed by atoms with Crippen molar-refractivity contribution >= 4 is 17.6 Å². The summed E-state index contributed by atoms with van der Waals surface area (Å²) in [7, 11) is 0. The number of ketones is 1. The van der Waals surface area contributed by atoms with Crippen LogP contribution in [0.4, 0.5) is 0 Å². The number of hydrogen-bond donors (Lipinski definition) is 0. The maximum Gasteiger partial charge on any atom is 0.342 e. The Bertz CT molecular complexity index is 950. The maximum atomic E-state index is 12.8. The number of ether oxygens (including phenoxy) is 2. The second-order valence-electron chi connectivity index (χ2n) is 5.32. The molecule has 1 aliphatic rings. The molecule has 0 bridgehead atoms. The highest BCUT2D eigenvalue weighted by atomic mass is 16.7. The van der Waals surface area contributed by atoms with Crippen molar-refractivity contribution in [1.29, 1.82) is 0 Å². The SMILES string of the molecule is CC(=O)n1c(C)c(C(=O)c2ccc3c(c2)OCO3)n(C(C)=O)c1=O. The molecule has 0 saturated carbocycles. The number of aromatic nitrogens is 2. The van der Waals surface area contributed by atoms with E-state index < -0.39 is 23.3 Å². The molecule has 124 valence electrons. The first-order valence-corrected chi connectivity index (χ1v) is 7.13. The van der Waals surface area contributed by atoms with Crippen molar-refractivity contribution in [1.82, 2.24) is 9.13 Å². The first-order chi connectivity index (χ1) is 11.3. The molecule has 2 aromatic rings. The fraction of sp³-hybridized carbons (Fsp3) is 0.250. The molecule has 3 rings (SSSR count).